The molecule has 312 valence electrons. The molecule has 0 atom stereocenters. The van der Waals surface area contributed by atoms with Crippen LogP contribution < -0.4 is 5.32 Å². The molecule has 52 heavy (non-hydrogen) atoms. The molecule has 0 aromatic heterocycles. The number of ether oxygens (including phenoxy) is 4. The zero-order chi connectivity index (χ0) is 37.3. The van der Waals surface area contributed by atoms with Crippen molar-refractivity contribution >= 4 is 44.2 Å². The maximum atomic E-state index is 10.9. The summed E-state index contributed by atoms with van der Waals surface area (Å²) in [5.74, 6) is 8.43. The zero-order valence-corrected chi connectivity index (χ0v) is 36.5. The van der Waals surface area contributed by atoms with E-state index in [2.05, 4.69) is 28.8 Å². The predicted octanol–water partition coefficient (Wildman–Crippen LogP) is 8.87. The number of thioether (sulfide) groups is 2. The van der Waals surface area contributed by atoms with E-state index in [4.69, 9.17) is 18.9 Å². The lowest BCUT2D eigenvalue weighted by molar-refractivity contribution is 0.103. The third kappa shape index (κ3) is 40.3. The quantitative estimate of drug-likeness (QED) is 0.255. The van der Waals surface area contributed by atoms with Crippen LogP contribution in [0.15, 0.2) is 0 Å². The van der Waals surface area contributed by atoms with Gasteiger partial charge in [-0.15, -0.1) is 0 Å². The summed E-state index contributed by atoms with van der Waals surface area (Å²) < 4.78 is 53.0. The Labute approximate surface area is 332 Å². The summed E-state index contributed by atoms with van der Waals surface area (Å²) in [5.41, 5.74) is 0. The van der Waals surface area contributed by atoms with E-state index in [0.29, 0.717) is 11.5 Å². The van der Waals surface area contributed by atoms with E-state index in [1.807, 2.05) is 0 Å². The van der Waals surface area contributed by atoms with E-state index in [-0.39, 0.29) is 0 Å². The van der Waals surface area contributed by atoms with Gasteiger partial charge in [-0.1, -0.05) is 64.2 Å². The number of sulfone groups is 1. The first-order valence-corrected chi connectivity index (χ1v) is 26.9. The minimum atomic E-state index is -2.62. The molecule has 0 radical (unpaired) electrons. The molecule has 1 N–H and O–H groups in total. The van der Waals surface area contributed by atoms with Crippen molar-refractivity contribution in [2.24, 2.45) is 0 Å². The second-order valence-electron chi connectivity index (χ2n) is 14.2. The summed E-state index contributed by atoms with van der Waals surface area (Å²) in [6.07, 6.45) is 28.2. The lowest BCUT2D eigenvalue weighted by atomic mass is 10.2. The first-order chi connectivity index (χ1) is 25.6. The van der Waals surface area contributed by atoms with Gasteiger partial charge in [0.1, 0.15) is 9.84 Å². The van der Waals surface area contributed by atoms with Gasteiger partial charge in [-0.2, -0.15) is 23.5 Å². The summed E-state index contributed by atoms with van der Waals surface area (Å²) in [6.45, 7) is 9.28. The van der Waals surface area contributed by atoms with Crippen LogP contribution in [-0.4, -0.2) is 125 Å². The van der Waals surface area contributed by atoms with Gasteiger partial charge in [-0.05, 0) is 107 Å². The van der Waals surface area contributed by atoms with E-state index in [0.717, 1.165) is 110 Å². The van der Waals surface area contributed by atoms with Crippen molar-refractivity contribution in [1.82, 2.24) is 5.32 Å². The van der Waals surface area contributed by atoms with Gasteiger partial charge < -0.3 is 24.3 Å². The van der Waals surface area contributed by atoms with Gasteiger partial charge in [0.15, 0.2) is 0 Å². The third-order valence-corrected chi connectivity index (χ3v) is 14.8. The fourth-order valence-electron chi connectivity index (χ4n) is 5.93. The van der Waals surface area contributed by atoms with E-state index in [1.54, 1.807) is 0 Å². The molecule has 12 heteroatoms. The molecule has 7 fully saturated rings. The minimum absolute atomic E-state index is 0.424. The number of hydrogen-bond acceptors (Lipinski definition) is 10. The maximum absolute atomic E-state index is 10.9. The van der Waals surface area contributed by atoms with Crippen molar-refractivity contribution in [3.8, 4) is 0 Å². The molecule has 7 saturated heterocycles. The molecule has 0 amide bonds. The molecule has 0 saturated carbocycles. The Bertz CT molecular complexity index is 650. The summed E-state index contributed by atoms with van der Waals surface area (Å²) >= 11 is 4.23. The van der Waals surface area contributed by atoms with Crippen LogP contribution in [0.5, 0.6) is 0 Å². The standard InChI is InChI=1S/C6H12O2S.C6H12OS.C6H12O.2C6H12S.C5H11NO.C5H10O2/c7-9(8)5-3-1-2-4-6-9;7-8-5-3-1-2-4-6-8;3*1-2-4-6-7-5-3-1;1-2-6-3-5-7-4-1;1-2-6-4-5-7-3-1/h1-6H2;1-6H2;3*1-6H2;6H,1-5H2;1-5H2. The van der Waals surface area contributed by atoms with Crippen molar-refractivity contribution in [2.45, 2.75) is 141 Å². The van der Waals surface area contributed by atoms with Gasteiger partial charge >= 0.3 is 0 Å². The smallest absolute Gasteiger partial charge is 0.150 e. The Hall–Kier alpha value is 0.600. The third-order valence-electron chi connectivity index (χ3n) is 9.15. The monoisotopic (exact) mass is 815 g/mol. The molecule has 7 rings (SSSR count). The summed E-state index contributed by atoms with van der Waals surface area (Å²) in [4.78, 5) is 0. The lowest BCUT2D eigenvalue weighted by Crippen LogP contribution is -2.15. The summed E-state index contributed by atoms with van der Waals surface area (Å²) in [5, 5.41) is 3.22. The average Bonchev–Trinajstić information content (AvgIpc) is 3.91. The van der Waals surface area contributed by atoms with Gasteiger partial charge in [-0.3, -0.25) is 4.21 Å². The van der Waals surface area contributed by atoms with Crippen LogP contribution in [-0.2, 0) is 39.6 Å². The number of nitrogens with one attached hydrogen (secondary N) is 1. The van der Waals surface area contributed by atoms with Crippen LogP contribution in [0, 0.1) is 0 Å². The van der Waals surface area contributed by atoms with Gasteiger partial charge in [0, 0.05) is 61.9 Å². The molecular formula is C40H81NO7S4. The highest BCUT2D eigenvalue weighted by Gasteiger charge is 2.12. The lowest BCUT2D eigenvalue weighted by Gasteiger charge is -1.93. The van der Waals surface area contributed by atoms with Gasteiger partial charge in [0.25, 0.3) is 0 Å². The van der Waals surface area contributed by atoms with E-state index < -0.39 is 20.6 Å². The first-order valence-electron chi connectivity index (χ1n) is 21.3. The normalized spacial score (nSPS) is 24.7. The second kappa shape index (κ2) is 41.2. The topological polar surface area (TPSA) is 100 Å². The highest BCUT2D eigenvalue weighted by molar-refractivity contribution is 7.99. The largest absolute Gasteiger partial charge is 0.381 e. The molecule has 8 nitrogen and oxygen atoms in total. The molecule has 0 spiro atoms. The zero-order valence-electron chi connectivity index (χ0n) is 33.3. The molecule has 0 aliphatic carbocycles. The second-order valence-corrected chi connectivity index (χ2v) is 20.7. The van der Waals surface area contributed by atoms with Crippen LogP contribution in [0.1, 0.15) is 141 Å². The Morgan fingerprint density at radius 3 is 1.29 bits per heavy atom. The average molecular weight is 816 g/mol. The molecule has 7 heterocycles. The first kappa shape index (κ1) is 50.6. The van der Waals surface area contributed by atoms with E-state index in [1.165, 1.54) is 132 Å². The van der Waals surface area contributed by atoms with Crippen molar-refractivity contribution in [3.05, 3.63) is 0 Å². The van der Waals surface area contributed by atoms with Gasteiger partial charge in [0.05, 0.1) is 31.3 Å². The molecule has 7 aliphatic heterocycles. The minimum Gasteiger partial charge on any atom is -0.381 e. The van der Waals surface area contributed by atoms with Crippen LogP contribution >= 0.6 is 23.5 Å². The fourth-order valence-corrected chi connectivity index (χ4v) is 10.7. The predicted molar refractivity (Wildman–Crippen MR) is 229 cm³/mol. The number of rotatable bonds is 0. The molecule has 0 aromatic carbocycles. The van der Waals surface area contributed by atoms with Crippen LogP contribution in [0.4, 0.5) is 0 Å². The van der Waals surface area contributed by atoms with Crippen LogP contribution in [0.3, 0.4) is 0 Å². The Morgan fingerprint density at radius 2 is 0.769 bits per heavy atom. The molecule has 7 aliphatic rings. The molecule has 0 bridgehead atoms. The van der Waals surface area contributed by atoms with E-state index >= 15 is 0 Å². The summed E-state index contributed by atoms with van der Waals surface area (Å²) in [7, 11) is -3.08. The van der Waals surface area contributed by atoms with Gasteiger partial charge in [-0.25, -0.2) is 8.42 Å². The van der Waals surface area contributed by atoms with Crippen LogP contribution in [0.25, 0.3) is 0 Å². The fraction of sp³-hybridized carbons (Fsp3) is 1.00. The Morgan fingerprint density at radius 1 is 0.385 bits per heavy atom. The SMILES string of the molecule is C1CCCOCC1.C1CCCSCC1.C1CCCSCC1.C1CNCCOC1.C1COCCOC1.O=S1(=O)CCCCCC1.O=S1CCCCCC1. The van der Waals surface area contributed by atoms with E-state index in [9.17, 15) is 12.6 Å². The molecule has 0 unspecified atom stereocenters. The molecule has 0 aromatic rings. The Balaban J connectivity index is 0.000000304. The highest BCUT2D eigenvalue weighted by Crippen LogP contribution is 2.16. The highest BCUT2D eigenvalue weighted by atomic mass is 32.2. The maximum Gasteiger partial charge on any atom is 0.150 e. The Kier molecular flexibility index (Phi) is 40.1. The van der Waals surface area contributed by atoms with Gasteiger partial charge in [0.2, 0.25) is 0 Å². The van der Waals surface area contributed by atoms with Crippen molar-refractivity contribution in [1.29, 1.82) is 0 Å². The number of hydrogen-bond donors (Lipinski definition) is 1. The summed E-state index contributed by atoms with van der Waals surface area (Å²) in [6, 6.07) is 0. The van der Waals surface area contributed by atoms with Crippen molar-refractivity contribution < 1.29 is 31.6 Å². The van der Waals surface area contributed by atoms with Crippen molar-refractivity contribution in [3.63, 3.8) is 0 Å². The van der Waals surface area contributed by atoms with Crippen LogP contribution in [0.2, 0.25) is 0 Å². The van der Waals surface area contributed by atoms with Crippen molar-refractivity contribution in [2.75, 3.05) is 112 Å². The molecular weight excluding hydrogens is 735 g/mol.